The molecule has 1 unspecified atom stereocenters. The van der Waals surface area contributed by atoms with Gasteiger partial charge in [0.15, 0.2) is 5.84 Å². The van der Waals surface area contributed by atoms with Crippen molar-refractivity contribution in [1.29, 1.82) is 0 Å². The molecule has 0 radical (unpaired) electrons. The van der Waals surface area contributed by atoms with Crippen LogP contribution in [-0.4, -0.2) is 22.8 Å². The largest absolute Gasteiger partial charge is 0.438 e. The maximum atomic E-state index is 12.6. The van der Waals surface area contributed by atoms with Gasteiger partial charge in [-0.2, -0.15) is 0 Å². The fraction of sp³-hybridized carbons (Fsp3) is 0.208. The SMILES string of the molecule is CC(ON=C(N)c1cccnc1Oc1ccccc1)C(=O)Nc1ccccc1C(C)C. The third kappa shape index (κ3) is 5.82. The third-order valence-corrected chi connectivity index (χ3v) is 4.52. The lowest BCUT2D eigenvalue weighted by Crippen LogP contribution is -2.28. The maximum Gasteiger partial charge on any atom is 0.267 e. The van der Waals surface area contributed by atoms with Crippen molar-refractivity contribution < 1.29 is 14.4 Å². The van der Waals surface area contributed by atoms with Crippen LogP contribution in [0, 0.1) is 0 Å². The Hall–Kier alpha value is -3.87. The van der Waals surface area contributed by atoms with E-state index >= 15 is 0 Å². The summed E-state index contributed by atoms with van der Waals surface area (Å²) in [5.74, 6) is 0.919. The average Bonchev–Trinajstić information content (AvgIpc) is 2.78. The summed E-state index contributed by atoms with van der Waals surface area (Å²) in [7, 11) is 0. The van der Waals surface area contributed by atoms with Crippen molar-refractivity contribution in [3.8, 4) is 11.6 Å². The van der Waals surface area contributed by atoms with Crippen molar-refractivity contribution in [2.24, 2.45) is 10.9 Å². The van der Waals surface area contributed by atoms with Crippen LogP contribution in [0.2, 0.25) is 0 Å². The Morgan fingerprint density at radius 2 is 1.71 bits per heavy atom. The number of oxime groups is 1. The van der Waals surface area contributed by atoms with Gasteiger partial charge < -0.3 is 20.6 Å². The smallest absolute Gasteiger partial charge is 0.267 e. The summed E-state index contributed by atoms with van der Waals surface area (Å²) < 4.78 is 5.79. The van der Waals surface area contributed by atoms with Crippen molar-refractivity contribution >= 4 is 17.4 Å². The van der Waals surface area contributed by atoms with Crippen LogP contribution in [0.3, 0.4) is 0 Å². The van der Waals surface area contributed by atoms with E-state index in [1.54, 1.807) is 25.3 Å². The molecule has 0 fully saturated rings. The number of benzene rings is 2. The van der Waals surface area contributed by atoms with Crippen molar-refractivity contribution in [1.82, 2.24) is 4.98 Å². The molecule has 3 aromatic rings. The summed E-state index contributed by atoms with van der Waals surface area (Å²) in [6.07, 6.45) is 0.743. The Bertz CT molecular complexity index is 1050. The van der Waals surface area contributed by atoms with Crippen LogP contribution in [0.4, 0.5) is 5.69 Å². The number of nitrogens with one attached hydrogen (secondary N) is 1. The number of para-hydroxylation sites is 2. The molecule has 7 heteroatoms. The summed E-state index contributed by atoms with van der Waals surface area (Å²) in [6, 6.07) is 20.3. The zero-order chi connectivity index (χ0) is 22.2. The molecule has 0 saturated carbocycles. The van der Waals surface area contributed by atoms with Gasteiger partial charge in [-0.25, -0.2) is 4.98 Å². The fourth-order valence-electron chi connectivity index (χ4n) is 2.85. The Morgan fingerprint density at radius 3 is 2.45 bits per heavy atom. The number of amides is 1. The highest BCUT2D eigenvalue weighted by Gasteiger charge is 2.18. The molecule has 1 aromatic heterocycles. The summed E-state index contributed by atoms with van der Waals surface area (Å²) in [4.78, 5) is 22.1. The van der Waals surface area contributed by atoms with Gasteiger partial charge in [-0.1, -0.05) is 55.4 Å². The van der Waals surface area contributed by atoms with Crippen LogP contribution in [0.1, 0.15) is 37.8 Å². The average molecular weight is 418 g/mol. The molecule has 1 heterocycles. The van der Waals surface area contributed by atoms with Gasteiger partial charge in [-0.05, 0) is 48.7 Å². The van der Waals surface area contributed by atoms with Crippen molar-refractivity contribution in [3.05, 3.63) is 84.1 Å². The molecule has 0 bridgehead atoms. The Kier molecular flexibility index (Phi) is 7.22. The van der Waals surface area contributed by atoms with Crippen molar-refractivity contribution in [2.45, 2.75) is 32.8 Å². The highest BCUT2D eigenvalue weighted by Crippen LogP contribution is 2.24. The molecule has 0 aliphatic rings. The molecular formula is C24H26N4O3. The van der Waals surface area contributed by atoms with Crippen molar-refractivity contribution in [2.75, 3.05) is 5.32 Å². The lowest BCUT2D eigenvalue weighted by Gasteiger charge is -2.16. The van der Waals surface area contributed by atoms with Gasteiger partial charge in [0.05, 0.1) is 5.56 Å². The normalized spacial score (nSPS) is 12.3. The molecule has 3 N–H and O–H groups in total. The number of pyridine rings is 1. The Labute approximate surface area is 181 Å². The highest BCUT2D eigenvalue weighted by atomic mass is 16.6. The first-order valence-corrected chi connectivity index (χ1v) is 10.0. The summed E-state index contributed by atoms with van der Waals surface area (Å²) >= 11 is 0. The highest BCUT2D eigenvalue weighted by molar-refractivity contribution is 5.99. The van der Waals surface area contributed by atoms with E-state index in [9.17, 15) is 4.79 Å². The molecular weight excluding hydrogens is 392 g/mol. The second-order valence-electron chi connectivity index (χ2n) is 7.23. The second kappa shape index (κ2) is 10.2. The van der Waals surface area contributed by atoms with E-state index in [4.69, 9.17) is 15.3 Å². The molecule has 3 rings (SSSR count). The molecule has 7 nitrogen and oxygen atoms in total. The zero-order valence-electron chi connectivity index (χ0n) is 17.8. The number of hydrogen-bond donors (Lipinski definition) is 2. The monoisotopic (exact) mass is 418 g/mol. The molecule has 0 aliphatic heterocycles. The van der Waals surface area contributed by atoms with Gasteiger partial charge >= 0.3 is 0 Å². The lowest BCUT2D eigenvalue weighted by atomic mass is 10.0. The van der Waals surface area contributed by atoms with E-state index < -0.39 is 6.10 Å². The minimum atomic E-state index is -0.853. The maximum absolute atomic E-state index is 12.6. The number of rotatable bonds is 8. The predicted octanol–water partition coefficient (Wildman–Crippen LogP) is 4.66. The molecule has 160 valence electrons. The molecule has 0 spiro atoms. The number of anilines is 1. The molecule has 1 amide bonds. The standard InChI is InChI=1S/C24H26N4O3/c1-16(2)19-12-7-8-14-21(19)27-23(29)17(3)31-28-22(25)20-13-9-15-26-24(20)30-18-10-5-4-6-11-18/h4-17H,1-3H3,(H2,25,28)(H,27,29). The number of hydrogen-bond acceptors (Lipinski definition) is 5. The van der Waals surface area contributed by atoms with Crippen molar-refractivity contribution in [3.63, 3.8) is 0 Å². The first kappa shape index (κ1) is 21.8. The quantitative estimate of drug-likeness (QED) is 0.315. The molecule has 0 saturated heterocycles. The van der Waals surface area contributed by atoms with Crippen LogP contribution in [0.5, 0.6) is 11.6 Å². The predicted molar refractivity (Wildman–Crippen MR) is 121 cm³/mol. The van der Waals surface area contributed by atoms with Gasteiger partial charge in [0.25, 0.3) is 5.91 Å². The van der Waals surface area contributed by atoms with E-state index in [0.29, 0.717) is 17.2 Å². The molecule has 0 aliphatic carbocycles. The van der Waals surface area contributed by atoms with E-state index in [1.165, 1.54) is 0 Å². The van der Waals surface area contributed by atoms with Gasteiger partial charge in [-0.15, -0.1) is 0 Å². The van der Waals surface area contributed by atoms with Gasteiger partial charge in [0.1, 0.15) is 5.75 Å². The minimum absolute atomic E-state index is 0.0567. The number of amidine groups is 1. The summed E-state index contributed by atoms with van der Waals surface area (Å²) in [6.45, 7) is 5.74. The van der Waals surface area contributed by atoms with E-state index in [0.717, 1.165) is 11.3 Å². The number of aromatic nitrogens is 1. The van der Waals surface area contributed by atoms with Crippen LogP contribution < -0.4 is 15.8 Å². The third-order valence-electron chi connectivity index (χ3n) is 4.52. The first-order chi connectivity index (χ1) is 15.0. The van der Waals surface area contributed by atoms with Gasteiger partial charge in [-0.3, -0.25) is 4.79 Å². The van der Waals surface area contributed by atoms with E-state index in [1.807, 2.05) is 54.6 Å². The Balaban J connectivity index is 1.69. The molecule has 2 aromatic carbocycles. The second-order valence-corrected chi connectivity index (χ2v) is 7.23. The zero-order valence-corrected chi connectivity index (χ0v) is 17.8. The van der Waals surface area contributed by atoms with E-state index in [2.05, 4.69) is 29.3 Å². The number of carbonyl (C=O) groups is 1. The molecule has 31 heavy (non-hydrogen) atoms. The number of nitrogens with zero attached hydrogens (tertiary/aromatic N) is 2. The topological polar surface area (TPSA) is 98.8 Å². The number of carbonyl (C=O) groups excluding carboxylic acids is 1. The van der Waals surface area contributed by atoms with E-state index in [-0.39, 0.29) is 17.7 Å². The van der Waals surface area contributed by atoms with Crippen LogP contribution in [-0.2, 0) is 9.63 Å². The fourth-order valence-corrected chi connectivity index (χ4v) is 2.85. The van der Waals surface area contributed by atoms with Gasteiger partial charge in [0, 0.05) is 11.9 Å². The lowest BCUT2D eigenvalue weighted by molar-refractivity contribution is -0.126. The first-order valence-electron chi connectivity index (χ1n) is 10.0. The minimum Gasteiger partial charge on any atom is -0.438 e. The number of ether oxygens (including phenoxy) is 1. The van der Waals surface area contributed by atoms with Crippen LogP contribution >= 0.6 is 0 Å². The molecule has 1 atom stereocenters. The van der Waals surface area contributed by atoms with Crippen LogP contribution in [0.15, 0.2) is 78.1 Å². The summed E-state index contributed by atoms with van der Waals surface area (Å²) in [5.41, 5.74) is 8.35. The Morgan fingerprint density at radius 1 is 1.00 bits per heavy atom. The summed E-state index contributed by atoms with van der Waals surface area (Å²) in [5, 5.41) is 6.82. The number of nitrogens with two attached hydrogens (primary N) is 1. The van der Waals surface area contributed by atoms with Crippen LogP contribution in [0.25, 0.3) is 0 Å². The van der Waals surface area contributed by atoms with Gasteiger partial charge in [0.2, 0.25) is 12.0 Å².